The number of halogens is 1. The third-order valence-corrected chi connectivity index (χ3v) is 6.56. The van der Waals surface area contributed by atoms with E-state index in [4.69, 9.17) is 16.3 Å². The molecular formula is C15H17ClN4O4S2. The number of hydrogen-bond donors (Lipinski definition) is 1. The predicted octanol–water partition coefficient (Wildman–Crippen LogP) is 1.70. The Labute approximate surface area is 160 Å². The van der Waals surface area contributed by atoms with Crippen molar-refractivity contribution in [2.75, 3.05) is 31.0 Å². The molecular weight excluding hydrogens is 400 g/mol. The van der Waals surface area contributed by atoms with Gasteiger partial charge in [-0.25, -0.2) is 13.4 Å². The van der Waals surface area contributed by atoms with Crippen molar-refractivity contribution in [3.05, 3.63) is 34.6 Å². The van der Waals surface area contributed by atoms with E-state index in [9.17, 15) is 13.2 Å². The normalized spacial score (nSPS) is 15.1. The molecule has 0 spiro atoms. The van der Waals surface area contributed by atoms with Gasteiger partial charge in [0, 0.05) is 29.6 Å². The first-order valence-corrected chi connectivity index (χ1v) is 10.5. The predicted molar refractivity (Wildman–Crippen MR) is 98.0 cm³/mol. The molecule has 0 aliphatic carbocycles. The molecule has 1 aliphatic heterocycles. The number of aromatic nitrogens is 2. The fourth-order valence-corrected chi connectivity index (χ4v) is 4.78. The molecule has 1 aromatic carbocycles. The molecule has 2 heterocycles. The minimum Gasteiger partial charge on any atom is -0.378 e. The molecule has 8 nitrogen and oxygen atoms in total. The van der Waals surface area contributed by atoms with Crippen LogP contribution in [-0.4, -0.2) is 54.9 Å². The molecule has 0 radical (unpaired) electrons. The molecule has 1 aromatic heterocycles. The van der Waals surface area contributed by atoms with Gasteiger partial charge in [0.15, 0.2) is 5.82 Å². The number of amides is 1. The Bertz CT molecular complexity index is 910. The van der Waals surface area contributed by atoms with E-state index in [0.29, 0.717) is 36.9 Å². The van der Waals surface area contributed by atoms with Crippen molar-refractivity contribution in [1.82, 2.24) is 14.3 Å². The highest BCUT2D eigenvalue weighted by Crippen LogP contribution is 2.25. The lowest BCUT2D eigenvalue weighted by atomic mass is 10.2. The summed E-state index contributed by atoms with van der Waals surface area (Å²) in [6.45, 7) is 3.73. The largest absolute Gasteiger partial charge is 0.378 e. The smallest absolute Gasteiger partial charge is 0.264 e. The highest BCUT2D eigenvalue weighted by molar-refractivity contribution is 7.93. The van der Waals surface area contributed by atoms with Gasteiger partial charge in [-0.05, 0) is 24.6 Å². The number of morpholine rings is 1. The summed E-state index contributed by atoms with van der Waals surface area (Å²) in [5, 5.41) is 0.469. The van der Waals surface area contributed by atoms with Crippen molar-refractivity contribution >= 4 is 44.2 Å². The maximum Gasteiger partial charge on any atom is 0.264 e. The molecule has 0 unspecified atom stereocenters. The lowest BCUT2D eigenvalue weighted by Gasteiger charge is -2.26. The molecule has 1 aliphatic rings. The summed E-state index contributed by atoms with van der Waals surface area (Å²) in [6.07, 6.45) is 0.0222. The second kappa shape index (κ2) is 7.87. The van der Waals surface area contributed by atoms with E-state index in [2.05, 4.69) is 14.1 Å². The van der Waals surface area contributed by atoms with E-state index >= 15 is 0 Å². The van der Waals surface area contributed by atoms with Crippen molar-refractivity contribution in [3.63, 3.8) is 0 Å². The van der Waals surface area contributed by atoms with Crippen LogP contribution in [0.15, 0.2) is 23.1 Å². The van der Waals surface area contributed by atoms with Gasteiger partial charge in [0.25, 0.3) is 10.0 Å². The lowest BCUT2D eigenvalue weighted by Crippen LogP contribution is -2.41. The number of nitrogens with zero attached hydrogens (tertiary/aromatic N) is 3. The van der Waals surface area contributed by atoms with Crippen LogP contribution in [0.1, 0.15) is 11.4 Å². The topological polar surface area (TPSA) is 101 Å². The first-order chi connectivity index (χ1) is 12.4. The van der Waals surface area contributed by atoms with Crippen LogP contribution in [0, 0.1) is 6.92 Å². The molecule has 1 saturated heterocycles. The Morgan fingerprint density at radius 2 is 2.12 bits per heavy atom. The van der Waals surface area contributed by atoms with Crippen LogP contribution in [-0.2, 0) is 26.0 Å². The number of benzene rings is 1. The standard InChI is InChI=1S/C15H17ClN4O4S2/c1-10-11(16)3-2-4-12(10)26(22,23)19-15-17-13(18-25-15)9-14(21)20-5-7-24-8-6-20/h2-4H,5-9H2,1H3,(H,17,18,19). The molecule has 1 amide bonds. The van der Waals surface area contributed by atoms with Crippen molar-refractivity contribution in [2.24, 2.45) is 0 Å². The Hall–Kier alpha value is -1.75. The molecule has 0 atom stereocenters. The van der Waals surface area contributed by atoms with Crippen molar-refractivity contribution in [3.8, 4) is 0 Å². The summed E-state index contributed by atoms with van der Waals surface area (Å²) < 4.78 is 36.7. The summed E-state index contributed by atoms with van der Waals surface area (Å²) in [5.41, 5.74) is 0.453. The number of carbonyl (C=O) groups excluding carboxylic acids is 1. The van der Waals surface area contributed by atoms with Gasteiger partial charge < -0.3 is 9.64 Å². The Morgan fingerprint density at radius 1 is 1.38 bits per heavy atom. The van der Waals surface area contributed by atoms with Gasteiger partial charge in [-0.1, -0.05) is 17.7 Å². The first-order valence-electron chi connectivity index (χ1n) is 7.83. The number of anilines is 1. The van der Waals surface area contributed by atoms with Gasteiger partial charge in [-0.2, -0.15) is 4.37 Å². The number of rotatable bonds is 5. The summed E-state index contributed by atoms with van der Waals surface area (Å²) in [5.74, 6) is 0.179. The highest BCUT2D eigenvalue weighted by atomic mass is 35.5. The average Bonchev–Trinajstić information content (AvgIpc) is 3.04. The van der Waals surface area contributed by atoms with E-state index in [1.807, 2.05) is 0 Å². The van der Waals surface area contributed by atoms with E-state index in [0.717, 1.165) is 11.5 Å². The third-order valence-electron chi connectivity index (χ3n) is 3.87. The zero-order valence-electron chi connectivity index (χ0n) is 13.9. The first kappa shape index (κ1) is 19.0. The SMILES string of the molecule is Cc1c(Cl)cccc1S(=O)(=O)Nc1nc(CC(=O)N2CCOCC2)ns1. The van der Waals surface area contributed by atoms with Gasteiger partial charge in [0.2, 0.25) is 11.0 Å². The lowest BCUT2D eigenvalue weighted by molar-refractivity contribution is -0.134. The van der Waals surface area contributed by atoms with Crippen LogP contribution < -0.4 is 4.72 Å². The van der Waals surface area contributed by atoms with Crippen LogP contribution in [0.25, 0.3) is 0 Å². The van der Waals surface area contributed by atoms with Crippen LogP contribution in [0.3, 0.4) is 0 Å². The number of nitrogens with one attached hydrogen (secondary N) is 1. The number of carbonyl (C=O) groups is 1. The van der Waals surface area contributed by atoms with Crippen molar-refractivity contribution < 1.29 is 17.9 Å². The summed E-state index contributed by atoms with van der Waals surface area (Å²) >= 11 is 6.88. The molecule has 0 saturated carbocycles. The molecule has 26 heavy (non-hydrogen) atoms. The molecule has 11 heteroatoms. The second-order valence-electron chi connectivity index (χ2n) is 5.65. The molecule has 1 fully saturated rings. The molecule has 140 valence electrons. The minimum absolute atomic E-state index is 0.0222. The molecule has 3 rings (SSSR count). The van der Waals surface area contributed by atoms with Gasteiger partial charge in [-0.3, -0.25) is 9.52 Å². The summed E-state index contributed by atoms with van der Waals surface area (Å²) in [4.78, 5) is 18.1. The average molecular weight is 417 g/mol. The fourth-order valence-electron chi connectivity index (χ4n) is 2.48. The Morgan fingerprint density at radius 3 is 2.85 bits per heavy atom. The summed E-state index contributed by atoms with van der Waals surface area (Å²) in [7, 11) is -3.84. The fraction of sp³-hybridized carbons (Fsp3) is 0.400. The van der Waals surface area contributed by atoms with E-state index in [-0.39, 0.29) is 28.2 Å². The van der Waals surface area contributed by atoms with E-state index in [1.165, 1.54) is 6.07 Å². The van der Waals surface area contributed by atoms with Crippen molar-refractivity contribution in [1.29, 1.82) is 0 Å². The zero-order valence-corrected chi connectivity index (χ0v) is 16.3. The Balaban J connectivity index is 1.69. The summed E-state index contributed by atoms with van der Waals surface area (Å²) in [6, 6.07) is 4.65. The molecule has 0 bridgehead atoms. The molecule has 1 N–H and O–H groups in total. The van der Waals surface area contributed by atoms with E-state index in [1.54, 1.807) is 24.0 Å². The number of hydrogen-bond acceptors (Lipinski definition) is 7. The quantitative estimate of drug-likeness (QED) is 0.796. The number of sulfonamides is 1. The zero-order chi connectivity index (χ0) is 18.7. The van der Waals surface area contributed by atoms with Crippen LogP contribution in [0.4, 0.5) is 5.13 Å². The minimum atomic E-state index is -3.84. The van der Waals surface area contributed by atoms with E-state index < -0.39 is 10.0 Å². The maximum absolute atomic E-state index is 12.5. The second-order valence-corrected chi connectivity index (χ2v) is 8.46. The maximum atomic E-state index is 12.5. The van der Waals surface area contributed by atoms with Gasteiger partial charge in [0.05, 0.1) is 24.5 Å². The van der Waals surface area contributed by atoms with Crippen molar-refractivity contribution in [2.45, 2.75) is 18.2 Å². The number of ether oxygens (including phenoxy) is 1. The Kier molecular flexibility index (Phi) is 5.76. The monoisotopic (exact) mass is 416 g/mol. The van der Waals surface area contributed by atoms with Gasteiger partial charge in [-0.15, -0.1) is 0 Å². The van der Waals surface area contributed by atoms with Crippen LogP contribution >= 0.6 is 23.1 Å². The third kappa shape index (κ3) is 4.32. The molecule has 2 aromatic rings. The highest BCUT2D eigenvalue weighted by Gasteiger charge is 2.22. The van der Waals surface area contributed by atoms with Gasteiger partial charge in [0.1, 0.15) is 0 Å². The van der Waals surface area contributed by atoms with Gasteiger partial charge >= 0.3 is 0 Å². The van der Waals surface area contributed by atoms with Crippen LogP contribution in [0.2, 0.25) is 5.02 Å². The van der Waals surface area contributed by atoms with Crippen LogP contribution in [0.5, 0.6) is 0 Å².